The van der Waals surface area contributed by atoms with Gasteiger partial charge in [-0.15, -0.1) is 0 Å². The van der Waals surface area contributed by atoms with E-state index in [1.165, 1.54) is 0 Å². The third kappa shape index (κ3) is 4.30. The Hall–Kier alpha value is -1.40. The quantitative estimate of drug-likeness (QED) is 0.842. The van der Waals surface area contributed by atoms with Crippen LogP contribution < -0.4 is 0 Å². The molecule has 6 heteroatoms. The third-order valence-electron chi connectivity index (χ3n) is 4.25. The van der Waals surface area contributed by atoms with E-state index in [2.05, 4.69) is 23.7 Å². The van der Waals surface area contributed by atoms with E-state index in [1.54, 1.807) is 6.20 Å². The van der Waals surface area contributed by atoms with Crippen molar-refractivity contribution in [2.75, 3.05) is 32.8 Å². The molecule has 1 aromatic heterocycles. The molecule has 1 unspecified atom stereocenters. The van der Waals surface area contributed by atoms with Gasteiger partial charge < -0.3 is 14.6 Å². The zero-order valence-electron chi connectivity index (χ0n) is 13.9. The van der Waals surface area contributed by atoms with Crippen LogP contribution in [0.1, 0.15) is 26.1 Å². The van der Waals surface area contributed by atoms with Crippen LogP contribution in [0.25, 0.3) is 0 Å². The van der Waals surface area contributed by atoms with E-state index in [0.29, 0.717) is 19.0 Å². The zero-order chi connectivity index (χ0) is 16.1. The minimum Gasteiger partial charge on any atom is -0.396 e. The Morgan fingerprint density at radius 1 is 1.45 bits per heavy atom. The molecule has 1 saturated heterocycles. The van der Waals surface area contributed by atoms with Gasteiger partial charge in [0.2, 0.25) is 5.91 Å². The number of rotatable bonds is 6. The van der Waals surface area contributed by atoms with Crippen LogP contribution in [0.4, 0.5) is 0 Å². The molecule has 0 aliphatic carbocycles. The summed E-state index contributed by atoms with van der Waals surface area (Å²) in [6.45, 7) is 10.2. The number of nitrogens with zero attached hydrogens (tertiary/aromatic N) is 4. The second kappa shape index (κ2) is 7.74. The minimum atomic E-state index is 0.133. The maximum absolute atomic E-state index is 12.5. The maximum atomic E-state index is 12.5. The Morgan fingerprint density at radius 2 is 2.23 bits per heavy atom. The molecule has 0 saturated carbocycles. The molecular formula is C16H28N4O2. The number of imidazole rings is 1. The van der Waals surface area contributed by atoms with Gasteiger partial charge in [0.15, 0.2) is 0 Å². The highest BCUT2D eigenvalue weighted by Crippen LogP contribution is 2.15. The molecule has 1 amide bonds. The van der Waals surface area contributed by atoms with Gasteiger partial charge in [0, 0.05) is 51.2 Å². The fourth-order valence-corrected chi connectivity index (χ4v) is 3.07. The first-order valence-electron chi connectivity index (χ1n) is 8.11. The molecule has 0 spiro atoms. The first-order valence-corrected chi connectivity index (χ1v) is 8.11. The van der Waals surface area contributed by atoms with Crippen molar-refractivity contribution in [1.29, 1.82) is 0 Å². The molecule has 0 aromatic carbocycles. The van der Waals surface area contributed by atoms with Crippen molar-refractivity contribution in [3.05, 3.63) is 18.2 Å². The van der Waals surface area contributed by atoms with E-state index >= 15 is 0 Å². The Kier molecular flexibility index (Phi) is 5.97. The largest absolute Gasteiger partial charge is 0.396 e. The predicted molar refractivity (Wildman–Crippen MR) is 85.4 cm³/mol. The van der Waals surface area contributed by atoms with E-state index in [4.69, 9.17) is 0 Å². The molecule has 124 valence electrons. The van der Waals surface area contributed by atoms with Gasteiger partial charge in [0.1, 0.15) is 12.4 Å². The highest BCUT2D eigenvalue weighted by atomic mass is 16.3. The molecule has 0 bridgehead atoms. The van der Waals surface area contributed by atoms with Gasteiger partial charge >= 0.3 is 0 Å². The number of carbonyl (C=O) groups excluding carboxylic acids is 1. The molecule has 2 rings (SSSR count). The second-order valence-electron chi connectivity index (χ2n) is 6.50. The van der Waals surface area contributed by atoms with Crippen LogP contribution in [-0.2, 0) is 11.3 Å². The Balaban J connectivity index is 1.95. The van der Waals surface area contributed by atoms with E-state index in [1.807, 2.05) is 22.6 Å². The summed E-state index contributed by atoms with van der Waals surface area (Å²) in [4.78, 5) is 21.0. The standard InChI is InChI=1S/C16H28N4O2/c1-13(2)10-19-7-8-20(11-15(19)4-9-21)16(22)12-18-6-5-17-14(18)3/h5-6,13,15,21H,4,7-12H2,1-3H3. The van der Waals surface area contributed by atoms with Gasteiger partial charge in [-0.25, -0.2) is 4.98 Å². The lowest BCUT2D eigenvalue weighted by Gasteiger charge is -2.42. The molecule has 1 N–H and O–H groups in total. The summed E-state index contributed by atoms with van der Waals surface area (Å²) in [5, 5.41) is 9.30. The van der Waals surface area contributed by atoms with Crippen molar-refractivity contribution in [3.63, 3.8) is 0 Å². The van der Waals surface area contributed by atoms with Crippen LogP contribution in [0.15, 0.2) is 12.4 Å². The van der Waals surface area contributed by atoms with E-state index in [9.17, 15) is 9.90 Å². The van der Waals surface area contributed by atoms with Gasteiger partial charge in [-0.2, -0.15) is 0 Å². The highest BCUT2D eigenvalue weighted by Gasteiger charge is 2.29. The number of piperazine rings is 1. The van der Waals surface area contributed by atoms with Crippen LogP contribution in [0.2, 0.25) is 0 Å². The average Bonchev–Trinajstić information content (AvgIpc) is 2.86. The highest BCUT2D eigenvalue weighted by molar-refractivity contribution is 5.76. The van der Waals surface area contributed by atoms with Crippen LogP contribution in [0.5, 0.6) is 0 Å². The lowest BCUT2D eigenvalue weighted by Crippen LogP contribution is -2.56. The van der Waals surface area contributed by atoms with Gasteiger partial charge in [-0.3, -0.25) is 9.69 Å². The summed E-state index contributed by atoms with van der Waals surface area (Å²) < 4.78 is 1.88. The Labute approximate surface area is 132 Å². The summed E-state index contributed by atoms with van der Waals surface area (Å²) in [5.41, 5.74) is 0. The number of aliphatic hydroxyl groups is 1. The topological polar surface area (TPSA) is 61.6 Å². The molecule has 1 aliphatic heterocycles. The molecular weight excluding hydrogens is 280 g/mol. The number of carbonyl (C=O) groups is 1. The van der Waals surface area contributed by atoms with E-state index < -0.39 is 0 Å². The molecule has 0 radical (unpaired) electrons. The second-order valence-corrected chi connectivity index (χ2v) is 6.50. The lowest BCUT2D eigenvalue weighted by atomic mass is 10.1. The summed E-state index contributed by atoms with van der Waals surface area (Å²) in [5.74, 6) is 1.59. The monoisotopic (exact) mass is 308 g/mol. The van der Waals surface area contributed by atoms with Gasteiger partial charge in [-0.1, -0.05) is 13.8 Å². The SMILES string of the molecule is Cc1nccn1CC(=O)N1CCN(CC(C)C)C(CCO)C1. The molecule has 1 fully saturated rings. The molecule has 2 heterocycles. The Bertz CT molecular complexity index is 486. The summed E-state index contributed by atoms with van der Waals surface area (Å²) >= 11 is 0. The van der Waals surface area contributed by atoms with Crippen molar-refractivity contribution in [2.24, 2.45) is 5.92 Å². The van der Waals surface area contributed by atoms with Gasteiger partial charge in [0.25, 0.3) is 0 Å². The van der Waals surface area contributed by atoms with Crippen LogP contribution >= 0.6 is 0 Å². The molecule has 1 aliphatic rings. The van der Waals surface area contributed by atoms with Crippen molar-refractivity contribution in [1.82, 2.24) is 19.4 Å². The Morgan fingerprint density at radius 3 is 2.82 bits per heavy atom. The molecule has 1 aromatic rings. The average molecular weight is 308 g/mol. The van der Waals surface area contributed by atoms with Crippen molar-refractivity contribution in [3.8, 4) is 0 Å². The number of aryl methyl sites for hydroxylation is 1. The summed E-state index contributed by atoms with van der Waals surface area (Å²) in [7, 11) is 0. The fraction of sp³-hybridized carbons (Fsp3) is 0.750. The smallest absolute Gasteiger partial charge is 0.242 e. The lowest BCUT2D eigenvalue weighted by molar-refractivity contribution is -0.135. The normalized spacial score (nSPS) is 19.9. The van der Waals surface area contributed by atoms with Gasteiger partial charge in [0.05, 0.1) is 0 Å². The van der Waals surface area contributed by atoms with Gasteiger partial charge in [-0.05, 0) is 19.3 Å². The molecule has 1 atom stereocenters. The van der Waals surface area contributed by atoms with E-state index in [-0.39, 0.29) is 18.6 Å². The number of hydrogen-bond acceptors (Lipinski definition) is 4. The first kappa shape index (κ1) is 17.0. The van der Waals surface area contributed by atoms with Crippen molar-refractivity contribution in [2.45, 2.75) is 39.8 Å². The minimum absolute atomic E-state index is 0.133. The molecule has 22 heavy (non-hydrogen) atoms. The van der Waals surface area contributed by atoms with Crippen LogP contribution in [0, 0.1) is 12.8 Å². The third-order valence-corrected chi connectivity index (χ3v) is 4.25. The fourth-order valence-electron chi connectivity index (χ4n) is 3.07. The maximum Gasteiger partial charge on any atom is 0.242 e. The number of aromatic nitrogens is 2. The number of amides is 1. The number of hydrogen-bond donors (Lipinski definition) is 1. The summed E-state index contributed by atoms with van der Waals surface area (Å²) in [6.07, 6.45) is 4.28. The predicted octanol–water partition coefficient (Wildman–Crippen LogP) is 0.743. The van der Waals surface area contributed by atoms with Crippen LogP contribution in [-0.4, -0.2) is 69.2 Å². The van der Waals surface area contributed by atoms with Crippen LogP contribution in [0.3, 0.4) is 0 Å². The van der Waals surface area contributed by atoms with Crippen molar-refractivity contribution >= 4 is 5.91 Å². The molecule has 6 nitrogen and oxygen atoms in total. The zero-order valence-corrected chi connectivity index (χ0v) is 13.9. The summed E-state index contributed by atoms with van der Waals surface area (Å²) in [6, 6.07) is 0.258. The number of aliphatic hydroxyl groups excluding tert-OH is 1. The first-order chi connectivity index (χ1) is 10.5. The van der Waals surface area contributed by atoms with E-state index in [0.717, 1.165) is 31.9 Å². The van der Waals surface area contributed by atoms with Crippen molar-refractivity contribution < 1.29 is 9.90 Å².